The lowest BCUT2D eigenvalue weighted by Gasteiger charge is -2.33. The summed E-state index contributed by atoms with van der Waals surface area (Å²) in [5.41, 5.74) is 0.436. The standard InChI is InChI=1S/C16H23N3O3S/c1-17-15(20)13-4-2-5-14(10-13)23(21,22)19-9-7-16(12-19)6-3-8-18-11-16/h2,4-5,10,18H,3,6-9,11-12H2,1H3,(H,17,20). The van der Waals surface area contributed by atoms with E-state index in [2.05, 4.69) is 10.6 Å². The molecule has 0 aromatic heterocycles. The molecule has 3 rings (SSSR count). The highest BCUT2D eigenvalue weighted by atomic mass is 32.2. The molecule has 2 aliphatic heterocycles. The van der Waals surface area contributed by atoms with Crippen LogP contribution in [-0.2, 0) is 10.0 Å². The molecule has 0 bridgehead atoms. The second-order valence-electron chi connectivity index (χ2n) is 6.48. The monoisotopic (exact) mass is 337 g/mol. The van der Waals surface area contributed by atoms with Gasteiger partial charge in [0.05, 0.1) is 4.90 Å². The minimum atomic E-state index is -3.55. The van der Waals surface area contributed by atoms with Crippen LogP contribution in [0.3, 0.4) is 0 Å². The van der Waals surface area contributed by atoms with E-state index in [0.717, 1.165) is 32.4 Å². The lowest BCUT2D eigenvalue weighted by molar-refractivity contribution is 0.0963. The summed E-state index contributed by atoms with van der Waals surface area (Å²) in [6, 6.07) is 6.25. The highest BCUT2D eigenvalue weighted by Gasteiger charge is 2.43. The number of hydrogen-bond acceptors (Lipinski definition) is 4. The highest BCUT2D eigenvalue weighted by molar-refractivity contribution is 7.89. The van der Waals surface area contributed by atoms with Gasteiger partial charge in [0.15, 0.2) is 0 Å². The Morgan fingerprint density at radius 2 is 2.17 bits per heavy atom. The van der Waals surface area contributed by atoms with Crippen molar-refractivity contribution in [2.75, 3.05) is 33.2 Å². The molecule has 2 fully saturated rings. The number of hydrogen-bond donors (Lipinski definition) is 2. The van der Waals surface area contributed by atoms with Crippen molar-refractivity contribution in [3.63, 3.8) is 0 Å². The zero-order valence-electron chi connectivity index (χ0n) is 13.3. The molecule has 0 radical (unpaired) electrons. The first kappa shape index (κ1) is 16.4. The van der Waals surface area contributed by atoms with E-state index in [9.17, 15) is 13.2 Å². The van der Waals surface area contributed by atoms with Gasteiger partial charge in [0.25, 0.3) is 5.91 Å². The lowest BCUT2D eigenvalue weighted by atomic mass is 9.80. The zero-order chi connectivity index (χ0) is 16.5. The third kappa shape index (κ3) is 3.13. The van der Waals surface area contributed by atoms with Crippen LogP contribution in [0.15, 0.2) is 29.2 Å². The van der Waals surface area contributed by atoms with E-state index in [-0.39, 0.29) is 16.2 Å². The van der Waals surface area contributed by atoms with Gasteiger partial charge >= 0.3 is 0 Å². The number of sulfonamides is 1. The molecule has 2 heterocycles. The van der Waals surface area contributed by atoms with Crippen molar-refractivity contribution in [3.8, 4) is 0 Å². The maximum absolute atomic E-state index is 12.9. The third-order valence-corrected chi connectivity index (χ3v) is 6.77. The van der Waals surface area contributed by atoms with Gasteiger partial charge in [-0.2, -0.15) is 4.31 Å². The zero-order valence-corrected chi connectivity index (χ0v) is 14.2. The SMILES string of the molecule is CNC(=O)c1cccc(S(=O)(=O)N2CCC3(CCCNC3)C2)c1. The molecule has 0 aliphatic carbocycles. The van der Waals surface area contributed by atoms with Crippen molar-refractivity contribution in [2.24, 2.45) is 5.41 Å². The number of amides is 1. The minimum Gasteiger partial charge on any atom is -0.355 e. The van der Waals surface area contributed by atoms with Crippen molar-refractivity contribution in [1.29, 1.82) is 0 Å². The molecular weight excluding hydrogens is 314 g/mol. The van der Waals surface area contributed by atoms with Gasteiger partial charge in [-0.1, -0.05) is 6.07 Å². The predicted molar refractivity (Wildman–Crippen MR) is 87.7 cm³/mol. The van der Waals surface area contributed by atoms with Crippen LogP contribution < -0.4 is 10.6 Å². The molecule has 23 heavy (non-hydrogen) atoms. The van der Waals surface area contributed by atoms with Crippen LogP contribution in [0.2, 0.25) is 0 Å². The van der Waals surface area contributed by atoms with E-state index in [1.54, 1.807) is 22.5 Å². The lowest BCUT2D eigenvalue weighted by Crippen LogP contribution is -2.42. The Kier molecular flexibility index (Phi) is 4.44. The van der Waals surface area contributed by atoms with Crippen molar-refractivity contribution in [2.45, 2.75) is 24.2 Å². The first-order valence-electron chi connectivity index (χ1n) is 8.00. The summed E-state index contributed by atoms with van der Waals surface area (Å²) < 4.78 is 27.4. The van der Waals surface area contributed by atoms with Crippen molar-refractivity contribution < 1.29 is 13.2 Å². The van der Waals surface area contributed by atoms with Crippen LogP contribution in [0, 0.1) is 5.41 Å². The normalized spacial score (nSPS) is 25.6. The van der Waals surface area contributed by atoms with Gasteiger partial charge in [-0.3, -0.25) is 4.79 Å². The summed E-state index contributed by atoms with van der Waals surface area (Å²) in [5.74, 6) is -0.281. The van der Waals surface area contributed by atoms with Gasteiger partial charge in [-0.05, 0) is 49.4 Å². The topological polar surface area (TPSA) is 78.5 Å². The van der Waals surface area contributed by atoms with Gasteiger partial charge < -0.3 is 10.6 Å². The smallest absolute Gasteiger partial charge is 0.251 e. The Bertz CT molecular complexity index is 696. The first-order chi connectivity index (χ1) is 11.0. The van der Waals surface area contributed by atoms with Gasteiger partial charge in [-0.25, -0.2) is 8.42 Å². The van der Waals surface area contributed by atoms with E-state index < -0.39 is 10.0 Å². The summed E-state index contributed by atoms with van der Waals surface area (Å²) in [6.07, 6.45) is 3.07. The number of nitrogens with zero attached hydrogens (tertiary/aromatic N) is 1. The summed E-state index contributed by atoms with van der Waals surface area (Å²) in [6.45, 7) is 3.01. The third-order valence-electron chi connectivity index (χ3n) is 4.93. The molecule has 1 unspecified atom stereocenters. The molecule has 1 spiro atoms. The molecule has 1 atom stereocenters. The van der Waals surface area contributed by atoms with Crippen molar-refractivity contribution in [1.82, 2.24) is 14.9 Å². The van der Waals surface area contributed by atoms with Gasteiger partial charge in [-0.15, -0.1) is 0 Å². The van der Waals surface area contributed by atoms with Crippen LogP contribution in [-0.4, -0.2) is 51.9 Å². The van der Waals surface area contributed by atoms with Gasteiger partial charge in [0, 0.05) is 32.2 Å². The number of nitrogens with one attached hydrogen (secondary N) is 2. The fraction of sp³-hybridized carbons (Fsp3) is 0.562. The minimum absolute atomic E-state index is 0.0731. The van der Waals surface area contributed by atoms with Crippen LogP contribution in [0.5, 0.6) is 0 Å². The van der Waals surface area contributed by atoms with E-state index in [1.807, 2.05) is 0 Å². The first-order valence-corrected chi connectivity index (χ1v) is 9.44. The van der Waals surface area contributed by atoms with Gasteiger partial charge in [0.2, 0.25) is 10.0 Å². The number of carbonyl (C=O) groups excluding carboxylic acids is 1. The summed E-state index contributed by atoms with van der Waals surface area (Å²) in [7, 11) is -2.02. The maximum atomic E-state index is 12.9. The summed E-state index contributed by atoms with van der Waals surface area (Å²) in [4.78, 5) is 11.9. The quantitative estimate of drug-likeness (QED) is 0.856. The van der Waals surface area contributed by atoms with Crippen LogP contribution in [0.1, 0.15) is 29.6 Å². The molecule has 126 valence electrons. The molecule has 0 saturated carbocycles. The number of benzene rings is 1. The fourth-order valence-electron chi connectivity index (χ4n) is 3.57. The summed E-state index contributed by atoms with van der Waals surface area (Å²) >= 11 is 0. The predicted octanol–water partition coefficient (Wildman–Crippen LogP) is 0.810. The Morgan fingerprint density at radius 1 is 1.35 bits per heavy atom. The van der Waals surface area contributed by atoms with E-state index in [4.69, 9.17) is 0 Å². The van der Waals surface area contributed by atoms with Crippen molar-refractivity contribution in [3.05, 3.63) is 29.8 Å². The van der Waals surface area contributed by atoms with Crippen LogP contribution in [0.25, 0.3) is 0 Å². The Balaban J connectivity index is 1.83. The van der Waals surface area contributed by atoms with E-state index in [1.165, 1.54) is 13.1 Å². The maximum Gasteiger partial charge on any atom is 0.251 e. The number of carbonyl (C=O) groups is 1. The molecule has 6 nitrogen and oxygen atoms in total. The molecule has 1 amide bonds. The molecule has 1 aromatic carbocycles. The molecule has 1 aromatic rings. The average Bonchev–Trinajstić information content (AvgIpc) is 2.99. The Morgan fingerprint density at radius 3 is 2.87 bits per heavy atom. The van der Waals surface area contributed by atoms with E-state index in [0.29, 0.717) is 18.7 Å². The van der Waals surface area contributed by atoms with Crippen LogP contribution in [0.4, 0.5) is 0 Å². The molecule has 7 heteroatoms. The Labute approximate surface area is 137 Å². The second kappa shape index (κ2) is 6.22. The van der Waals surface area contributed by atoms with Crippen molar-refractivity contribution >= 4 is 15.9 Å². The van der Waals surface area contributed by atoms with Crippen LogP contribution >= 0.6 is 0 Å². The largest absolute Gasteiger partial charge is 0.355 e. The highest BCUT2D eigenvalue weighted by Crippen LogP contribution is 2.38. The molecular formula is C16H23N3O3S. The number of piperidine rings is 1. The average molecular weight is 337 g/mol. The fourth-order valence-corrected chi connectivity index (χ4v) is 5.17. The number of rotatable bonds is 3. The molecule has 2 saturated heterocycles. The molecule has 2 aliphatic rings. The summed E-state index contributed by atoms with van der Waals surface area (Å²) in [5, 5.41) is 5.91. The molecule has 2 N–H and O–H groups in total. The van der Waals surface area contributed by atoms with Gasteiger partial charge in [0.1, 0.15) is 0 Å². The second-order valence-corrected chi connectivity index (χ2v) is 8.41. The van der Waals surface area contributed by atoms with E-state index >= 15 is 0 Å². The Hall–Kier alpha value is -1.44.